The van der Waals surface area contributed by atoms with Crippen LogP contribution < -0.4 is 15.7 Å². The SMILES string of the molecule is C#CCNS(=O)(=O)c1cccc(C(=O)OCc2cc(=O)oc3cc(NC(C)=O)ccc23)c1. The quantitative estimate of drug-likeness (QED) is 0.317. The normalized spacial score (nSPS) is 11.0. The second kappa shape index (κ2) is 9.47. The van der Waals surface area contributed by atoms with Gasteiger partial charge in [-0.05, 0) is 30.3 Å². The van der Waals surface area contributed by atoms with Crippen molar-refractivity contribution in [1.82, 2.24) is 4.72 Å². The van der Waals surface area contributed by atoms with Crippen LogP contribution in [-0.2, 0) is 26.2 Å². The predicted molar refractivity (Wildman–Crippen MR) is 116 cm³/mol. The number of carbonyl (C=O) groups excluding carboxylic acids is 2. The van der Waals surface area contributed by atoms with Crippen molar-refractivity contribution in [1.29, 1.82) is 0 Å². The molecule has 3 rings (SSSR count). The van der Waals surface area contributed by atoms with E-state index in [-0.39, 0.29) is 35.1 Å². The molecule has 0 bridgehead atoms. The van der Waals surface area contributed by atoms with E-state index in [0.717, 1.165) is 0 Å². The van der Waals surface area contributed by atoms with Crippen LogP contribution in [0.3, 0.4) is 0 Å². The zero-order chi connectivity index (χ0) is 23.3. The molecular formula is C22H18N2O7S. The molecule has 1 heterocycles. The van der Waals surface area contributed by atoms with Crippen molar-refractivity contribution >= 4 is 38.6 Å². The molecule has 0 saturated heterocycles. The van der Waals surface area contributed by atoms with Crippen molar-refractivity contribution < 1.29 is 27.2 Å². The fourth-order valence-electron chi connectivity index (χ4n) is 2.87. The topological polar surface area (TPSA) is 132 Å². The molecule has 32 heavy (non-hydrogen) atoms. The molecule has 0 atom stereocenters. The molecular weight excluding hydrogens is 436 g/mol. The minimum Gasteiger partial charge on any atom is -0.457 e. The predicted octanol–water partition coefficient (Wildman–Crippen LogP) is 2.02. The lowest BCUT2D eigenvalue weighted by molar-refractivity contribution is -0.114. The number of amides is 1. The monoisotopic (exact) mass is 454 g/mol. The van der Waals surface area contributed by atoms with E-state index in [2.05, 4.69) is 16.0 Å². The summed E-state index contributed by atoms with van der Waals surface area (Å²) < 4.78 is 37.0. The van der Waals surface area contributed by atoms with E-state index in [9.17, 15) is 22.8 Å². The van der Waals surface area contributed by atoms with Gasteiger partial charge in [0.2, 0.25) is 15.9 Å². The van der Waals surface area contributed by atoms with Gasteiger partial charge in [0.15, 0.2) is 0 Å². The molecule has 0 aliphatic carbocycles. The highest BCUT2D eigenvalue weighted by molar-refractivity contribution is 7.89. The lowest BCUT2D eigenvalue weighted by Crippen LogP contribution is -2.24. The number of esters is 1. The summed E-state index contributed by atoms with van der Waals surface area (Å²) in [4.78, 5) is 35.5. The van der Waals surface area contributed by atoms with Gasteiger partial charge in [-0.3, -0.25) is 4.79 Å². The Labute approximate surface area is 183 Å². The maximum atomic E-state index is 12.5. The Morgan fingerprint density at radius 2 is 1.94 bits per heavy atom. The zero-order valence-corrected chi connectivity index (χ0v) is 17.7. The number of fused-ring (bicyclic) bond motifs is 1. The van der Waals surface area contributed by atoms with Crippen LogP contribution in [0.1, 0.15) is 22.8 Å². The molecule has 0 fully saturated rings. The average molecular weight is 454 g/mol. The molecule has 0 spiro atoms. The number of anilines is 1. The third kappa shape index (κ3) is 5.40. The first kappa shape index (κ1) is 22.7. The van der Waals surface area contributed by atoms with Gasteiger partial charge in [-0.2, -0.15) is 4.72 Å². The molecule has 1 aromatic heterocycles. The summed E-state index contributed by atoms with van der Waals surface area (Å²) in [5.74, 6) is 1.10. The van der Waals surface area contributed by atoms with E-state index in [0.29, 0.717) is 16.6 Å². The number of hydrogen-bond acceptors (Lipinski definition) is 7. The molecule has 9 nitrogen and oxygen atoms in total. The average Bonchev–Trinajstić information content (AvgIpc) is 2.75. The Hall–Kier alpha value is -3.94. The van der Waals surface area contributed by atoms with Gasteiger partial charge < -0.3 is 14.5 Å². The fourth-order valence-corrected chi connectivity index (χ4v) is 3.85. The summed E-state index contributed by atoms with van der Waals surface area (Å²) in [6.45, 7) is 0.901. The standard InChI is InChI=1S/C22H18N2O7S/c1-3-9-23-32(28,29)18-6-4-5-15(10-18)22(27)30-13-16-11-21(26)31-20-12-17(24-14(2)25)7-8-19(16)20/h1,4-8,10-12,23H,9,13H2,2H3,(H,24,25). The van der Waals surface area contributed by atoms with Crippen molar-refractivity contribution in [3.05, 3.63) is 70.1 Å². The highest BCUT2D eigenvalue weighted by Gasteiger charge is 2.17. The Bertz CT molecular complexity index is 1400. The van der Waals surface area contributed by atoms with Crippen molar-refractivity contribution in [2.45, 2.75) is 18.4 Å². The lowest BCUT2D eigenvalue weighted by Gasteiger charge is -2.10. The first-order valence-corrected chi connectivity index (χ1v) is 10.7. The summed E-state index contributed by atoms with van der Waals surface area (Å²) >= 11 is 0. The van der Waals surface area contributed by atoms with Crippen molar-refractivity contribution in [3.63, 3.8) is 0 Å². The molecule has 10 heteroatoms. The number of carbonyl (C=O) groups is 2. The van der Waals surface area contributed by atoms with Crippen LogP contribution in [0.15, 0.2) is 62.6 Å². The summed E-state index contributed by atoms with van der Waals surface area (Å²) in [5, 5.41) is 3.10. The van der Waals surface area contributed by atoms with Crippen LogP contribution in [0.4, 0.5) is 5.69 Å². The number of sulfonamides is 1. The first-order chi connectivity index (χ1) is 15.2. The van der Waals surface area contributed by atoms with Gasteiger partial charge in [0.05, 0.1) is 17.0 Å². The maximum Gasteiger partial charge on any atom is 0.338 e. The molecule has 0 aliphatic rings. The van der Waals surface area contributed by atoms with Gasteiger partial charge >= 0.3 is 11.6 Å². The van der Waals surface area contributed by atoms with Gasteiger partial charge in [0.25, 0.3) is 0 Å². The van der Waals surface area contributed by atoms with Crippen LogP contribution in [0, 0.1) is 12.3 Å². The minimum absolute atomic E-state index is 0.00815. The molecule has 0 unspecified atom stereocenters. The molecule has 0 radical (unpaired) electrons. The van der Waals surface area contributed by atoms with Crippen molar-refractivity contribution in [2.75, 3.05) is 11.9 Å². The van der Waals surface area contributed by atoms with Crippen molar-refractivity contribution in [2.24, 2.45) is 0 Å². The smallest absolute Gasteiger partial charge is 0.338 e. The van der Waals surface area contributed by atoms with E-state index >= 15 is 0 Å². The summed E-state index contributed by atoms with van der Waals surface area (Å²) in [5.41, 5.74) is 0.393. The number of nitrogens with one attached hydrogen (secondary N) is 2. The minimum atomic E-state index is -3.88. The van der Waals surface area contributed by atoms with E-state index in [4.69, 9.17) is 15.6 Å². The Morgan fingerprint density at radius 1 is 1.16 bits per heavy atom. The summed E-state index contributed by atoms with van der Waals surface area (Å²) in [7, 11) is -3.88. The van der Waals surface area contributed by atoms with Crippen LogP contribution in [0.25, 0.3) is 11.0 Å². The van der Waals surface area contributed by atoms with Crippen LogP contribution in [-0.4, -0.2) is 26.8 Å². The van der Waals surface area contributed by atoms with Crippen LogP contribution in [0.2, 0.25) is 0 Å². The highest BCUT2D eigenvalue weighted by atomic mass is 32.2. The molecule has 3 aromatic rings. The van der Waals surface area contributed by atoms with E-state index in [1.165, 1.54) is 43.3 Å². The summed E-state index contributed by atoms with van der Waals surface area (Å²) in [6.07, 6.45) is 5.07. The third-order valence-electron chi connectivity index (χ3n) is 4.25. The second-order valence-electron chi connectivity index (χ2n) is 6.62. The van der Waals surface area contributed by atoms with Crippen LogP contribution in [0.5, 0.6) is 0 Å². The van der Waals surface area contributed by atoms with E-state index < -0.39 is 21.6 Å². The lowest BCUT2D eigenvalue weighted by atomic mass is 10.1. The largest absolute Gasteiger partial charge is 0.457 e. The van der Waals surface area contributed by atoms with Gasteiger partial charge in [-0.25, -0.2) is 18.0 Å². The molecule has 164 valence electrons. The third-order valence-corrected chi connectivity index (χ3v) is 5.65. The number of terminal acetylenes is 1. The van der Waals surface area contributed by atoms with E-state index in [1.807, 2.05) is 0 Å². The number of rotatable bonds is 7. The van der Waals surface area contributed by atoms with Crippen LogP contribution >= 0.6 is 0 Å². The first-order valence-electron chi connectivity index (χ1n) is 9.24. The van der Waals surface area contributed by atoms with Gasteiger partial charge in [0.1, 0.15) is 12.2 Å². The van der Waals surface area contributed by atoms with E-state index in [1.54, 1.807) is 12.1 Å². The fraction of sp³-hybridized carbons (Fsp3) is 0.136. The highest BCUT2D eigenvalue weighted by Crippen LogP contribution is 2.22. The summed E-state index contributed by atoms with van der Waals surface area (Å²) in [6, 6.07) is 11.2. The second-order valence-corrected chi connectivity index (χ2v) is 8.38. The van der Waals surface area contributed by atoms with Gasteiger partial charge in [-0.15, -0.1) is 6.42 Å². The van der Waals surface area contributed by atoms with Crippen molar-refractivity contribution in [3.8, 4) is 12.3 Å². The Kier molecular flexibility index (Phi) is 6.73. The van der Waals surface area contributed by atoms with Gasteiger partial charge in [-0.1, -0.05) is 12.0 Å². The maximum absolute atomic E-state index is 12.5. The van der Waals surface area contributed by atoms with Gasteiger partial charge in [0, 0.05) is 35.7 Å². The molecule has 2 aromatic carbocycles. The molecule has 0 saturated carbocycles. The number of benzene rings is 2. The Morgan fingerprint density at radius 3 is 2.66 bits per heavy atom. The molecule has 0 aliphatic heterocycles. The molecule has 1 amide bonds. The number of ether oxygens (including phenoxy) is 1. The molecule has 2 N–H and O–H groups in total. The number of hydrogen-bond donors (Lipinski definition) is 2. The zero-order valence-electron chi connectivity index (χ0n) is 16.9. The Balaban J connectivity index is 1.82.